The highest BCUT2D eigenvalue weighted by Gasteiger charge is 2.12. The number of rotatable bonds is 3. The predicted octanol–water partition coefficient (Wildman–Crippen LogP) is 1.13. The highest BCUT2D eigenvalue weighted by atomic mass is 79.9. The molecule has 5 nitrogen and oxygen atoms in total. The van der Waals surface area contributed by atoms with E-state index >= 15 is 0 Å². The minimum absolute atomic E-state index is 0.108. The summed E-state index contributed by atoms with van der Waals surface area (Å²) in [6.45, 7) is 2.35. The molecule has 6 heteroatoms. The van der Waals surface area contributed by atoms with E-state index in [9.17, 15) is 4.79 Å². The van der Waals surface area contributed by atoms with E-state index in [0.717, 1.165) is 0 Å². The summed E-state index contributed by atoms with van der Waals surface area (Å²) < 4.78 is 0.387. The Balaban J connectivity index is 2.93. The third-order valence-corrected chi connectivity index (χ3v) is 2.62. The lowest BCUT2D eigenvalue weighted by atomic mass is 10.2. The van der Waals surface area contributed by atoms with E-state index in [4.69, 9.17) is 5.26 Å². The monoisotopic (exact) mass is 270 g/mol. The molecule has 1 rings (SSSR count). The van der Waals surface area contributed by atoms with Crippen LogP contribution in [-0.2, 0) is 0 Å². The van der Waals surface area contributed by atoms with Crippen molar-refractivity contribution in [2.24, 2.45) is 5.92 Å². The Morgan fingerprint density at radius 2 is 2.47 bits per heavy atom. The normalized spacial score (nSPS) is 11.9. The Hall–Kier alpha value is -1.35. The molecule has 1 aromatic heterocycles. The number of nitrogens with zero attached hydrogens (tertiary/aromatic N) is 3. The lowest BCUT2D eigenvalue weighted by Crippen LogP contribution is -2.26. The molecule has 0 fully saturated rings. The number of nitrogens with one attached hydrogen (secondary N) is 1. The van der Waals surface area contributed by atoms with Gasteiger partial charge in [0.15, 0.2) is 0 Å². The molecule has 1 unspecified atom stereocenters. The van der Waals surface area contributed by atoms with Crippen LogP contribution >= 0.6 is 15.9 Å². The van der Waals surface area contributed by atoms with Crippen molar-refractivity contribution in [2.45, 2.75) is 6.92 Å². The molecule has 0 radical (unpaired) electrons. The van der Waals surface area contributed by atoms with Crippen LogP contribution in [0.1, 0.15) is 6.92 Å². The van der Waals surface area contributed by atoms with Gasteiger partial charge in [0.05, 0.1) is 18.3 Å². The van der Waals surface area contributed by atoms with Crippen molar-refractivity contribution in [1.29, 1.82) is 5.26 Å². The minimum atomic E-state index is -0.225. The lowest BCUT2D eigenvalue weighted by molar-refractivity contribution is 0.707. The molecule has 1 aromatic rings. The van der Waals surface area contributed by atoms with Gasteiger partial charge in [0.1, 0.15) is 10.3 Å². The lowest BCUT2D eigenvalue weighted by Gasteiger charge is -2.19. The van der Waals surface area contributed by atoms with Crippen LogP contribution in [0, 0.1) is 17.2 Å². The van der Waals surface area contributed by atoms with Gasteiger partial charge in [-0.15, -0.1) is 0 Å². The molecule has 1 heterocycles. The van der Waals surface area contributed by atoms with E-state index in [0.29, 0.717) is 16.8 Å². The molecule has 0 spiro atoms. The van der Waals surface area contributed by atoms with E-state index in [-0.39, 0.29) is 11.5 Å². The van der Waals surface area contributed by atoms with E-state index < -0.39 is 0 Å². The first-order chi connectivity index (χ1) is 7.06. The van der Waals surface area contributed by atoms with Crippen LogP contribution in [0.5, 0.6) is 0 Å². The van der Waals surface area contributed by atoms with Crippen LogP contribution < -0.4 is 10.5 Å². The van der Waals surface area contributed by atoms with Gasteiger partial charge in [-0.1, -0.05) is 0 Å². The van der Waals surface area contributed by atoms with Crippen LogP contribution in [0.25, 0.3) is 0 Å². The zero-order valence-electron chi connectivity index (χ0n) is 8.49. The molecule has 0 bridgehead atoms. The highest BCUT2D eigenvalue weighted by molar-refractivity contribution is 9.10. The predicted molar refractivity (Wildman–Crippen MR) is 60.6 cm³/mol. The maximum absolute atomic E-state index is 11.3. The summed E-state index contributed by atoms with van der Waals surface area (Å²) in [4.78, 5) is 19.5. The maximum Gasteiger partial charge on any atom is 0.267 e. The van der Waals surface area contributed by atoms with Crippen LogP contribution in [0.15, 0.2) is 15.6 Å². The summed E-state index contributed by atoms with van der Waals surface area (Å²) >= 11 is 3.16. The quantitative estimate of drug-likeness (QED) is 0.894. The van der Waals surface area contributed by atoms with Crippen molar-refractivity contribution in [3.8, 4) is 6.07 Å². The SMILES string of the molecule is CC(C#N)CN(C)c1nc[nH]c(=O)c1Br. The number of aromatic nitrogens is 2. The zero-order valence-corrected chi connectivity index (χ0v) is 10.1. The Bertz CT molecular complexity index is 436. The van der Waals surface area contributed by atoms with Gasteiger partial charge in [-0.3, -0.25) is 4.79 Å². The molecule has 1 N–H and O–H groups in total. The van der Waals surface area contributed by atoms with Gasteiger partial charge >= 0.3 is 0 Å². The first-order valence-electron chi connectivity index (χ1n) is 4.40. The van der Waals surface area contributed by atoms with Gasteiger partial charge in [-0.2, -0.15) is 5.26 Å². The Morgan fingerprint density at radius 1 is 1.80 bits per heavy atom. The van der Waals surface area contributed by atoms with Crippen LogP contribution in [0.4, 0.5) is 5.82 Å². The molecular formula is C9H11BrN4O. The summed E-state index contributed by atoms with van der Waals surface area (Å²) in [5.41, 5.74) is -0.225. The molecule has 0 aliphatic rings. The third-order valence-electron chi connectivity index (χ3n) is 1.91. The second kappa shape index (κ2) is 4.94. The number of hydrogen-bond donors (Lipinski definition) is 1. The summed E-state index contributed by atoms with van der Waals surface area (Å²) in [7, 11) is 1.79. The Morgan fingerprint density at radius 3 is 3.07 bits per heavy atom. The summed E-state index contributed by atoms with van der Waals surface area (Å²) in [6, 6.07) is 2.13. The van der Waals surface area contributed by atoms with Crippen molar-refractivity contribution in [3.05, 3.63) is 21.2 Å². The summed E-state index contributed by atoms with van der Waals surface area (Å²) in [5, 5.41) is 8.68. The number of anilines is 1. The Labute approximate surface area is 95.9 Å². The molecule has 15 heavy (non-hydrogen) atoms. The number of aromatic amines is 1. The smallest absolute Gasteiger partial charge is 0.267 e. The van der Waals surface area contributed by atoms with Gasteiger partial charge in [0, 0.05) is 13.6 Å². The second-order valence-electron chi connectivity index (χ2n) is 3.28. The largest absolute Gasteiger partial charge is 0.357 e. The number of hydrogen-bond acceptors (Lipinski definition) is 4. The molecule has 80 valence electrons. The molecule has 0 aliphatic heterocycles. The van der Waals surface area contributed by atoms with E-state index in [1.807, 2.05) is 6.92 Å². The number of H-pyrrole nitrogens is 1. The fourth-order valence-corrected chi connectivity index (χ4v) is 1.70. The Kier molecular flexibility index (Phi) is 3.86. The van der Waals surface area contributed by atoms with E-state index in [1.54, 1.807) is 11.9 Å². The third kappa shape index (κ3) is 2.80. The second-order valence-corrected chi connectivity index (χ2v) is 4.07. The number of halogens is 1. The van der Waals surface area contributed by atoms with Gasteiger partial charge in [-0.05, 0) is 22.9 Å². The maximum atomic E-state index is 11.3. The first-order valence-corrected chi connectivity index (χ1v) is 5.19. The zero-order chi connectivity index (χ0) is 11.4. The number of nitriles is 1. The van der Waals surface area contributed by atoms with Crippen molar-refractivity contribution >= 4 is 21.7 Å². The van der Waals surface area contributed by atoms with Crippen LogP contribution in [0.2, 0.25) is 0 Å². The summed E-state index contributed by atoms with van der Waals surface area (Å²) in [5.74, 6) is 0.434. The molecule has 0 amide bonds. The van der Waals surface area contributed by atoms with Crippen LogP contribution in [-0.4, -0.2) is 23.6 Å². The van der Waals surface area contributed by atoms with E-state index in [2.05, 4.69) is 32.0 Å². The standard InChI is InChI=1S/C9H11BrN4O/c1-6(3-11)4-14(2)8-7(10)9(15)13-5-12-8/h5-6H,4H2,1-2H3,(H,12,13,15). The molecule has 1 atom stereocenters. The van der Waals surface area contributed by atoms with Gasteiger partial charge in [0.2, 0.25) is 0 Å². The highest BCUT2D eigenvalue weighted by Crippen LogP contribution is 2.18. The first kappa shape index (κ1) is 11.7. The fourth-order valence-electron chi connectivity index (χ4n) is 1.18. The van der Waals surface area contributed by atoms with E-state index in [1.165, 1.54) is 6.33 Å². The van der Waals surface area contributed by atoms with Crippen molar-refractivity contribution in [1.82, 2.24) is 9.97 Å². The molecular weight excluding hydrogens is 260 g/mol. The van der Waals surface area contributed by atoms with Crippen molar-refractivity contribution in [2.75, 3.05) is 18.5 Å². The van der Waals surface area contributed by atoms with Gasteiger partial charge in [-0.25, -0.2) is 4.98 Å². The molecule has 0 saturated carbocycles. The average Bonchev–Trinajstić information content (AvgIpc) is 2.21. The van der Waals surface area contributed by atoms with Crippen LogP contribution in [0.3, 0.4) is 0 Å². The molecule has 0 aromatic carbocycles. The van der Waals surface area contributed by atoms with Gasteiger partial charge < -0.3 is 9.88 Å². The van der Waals surface area contributed by atoms with Gasteiger partial charge in [0.25, 0.3) is 5.56 Å². The fraction of sp³-hybridized carbons (Fsp3) is 0.444. The van der Waals surface area contributed by atoms with Crippen molar-refractivity contribution < 1.29 is 0 Å². The minimum Gasteiger partial charge on any atom is -0.357 e. The molecule has 0 aliphatic carbocycles. The topological polar surface area (TPSA) is 72.8 Å². The van der Waals surface area contributed by atoms with Crippen molar-refractivity contribution in [3.63, 3.8) is 0 Å². The molecule has 0 saturated heterocycles. The average molecular weight is 271 g/mol. The summed E-state index contributed by atoms with van der Waals surface area (Å²) in [6.07, 6.45) is 1.34.